The number of esters is 1. The molecule has 0 atom stereocenters. The van der Waals surface area contributed by atoms with Gasteiger partial charge in [-0.15, -0.1) is 0 Å². The Balaban J connectivity index is 2.04. The summed E-state index contributed by atoms with van der Waals surface area (Å²) in [4.78, 5) is 19.2. The third kappa shape index (κ3) is 2.48. The fourth-order valence-corrected chi connectivity index (χ4v) is 3.31. The number of nitrogens with zero attached hydrogens (tertiary/aromatic N) is 1. The van der Waals surface area contributed by atoms with E-state index in [4.69, 9.17) is 14.5 Å². The second kappa shape index (κ2) is 5.77. The smallest absolute Gasteiger partial charge is 0.303 e. The molecule has 126 valence electrons. The van der Waals surface area contributed by atoms with Gasteiger partial charge in [0.1, 0.15) is 12.4 Å². The van der Waals surface area contributed by atoms with Crippen LogP contribution in [-0.4, -0.2) is 23.0 Å². The number of carbonyl (C=O) groups excluding carboxylic acids is 1. The monoisotopic (exact) mass is 334 g/mol. The Morgan fingerprint density at radius 2 is 1.96 bits per heavy atom. The Kier molecular flexibility index (Phi) is 3.57. The summed E-state index contributed by atoms with van der Waals surface area (Å²) < 4.78 is 10.5. The molecule has 0 saturated heterocycles. The summed E-state index contributed by atoms with van der Waals surface area (Å²) in [5.41, 5.74) is 3.91. The second-order valence-corrected chi connectivity index (χ2v) is 6.09. The van der Waals surface area contributed by atoms with E-state index in [0.29, 0.717) is 0 Å². The highest BCUT2D eigenvalue weighted by Crippen LogP contribution is 2.35. The number of aryl methyl sites for hydroxylation is 1. The Labute approximate surface area is 144 Å². The molecule has 1 N–H and O–H groups in total. The minimum Gasteiger partial charge on any atom is -0.497 e. The Morgan fingerprint density at radius 3 is 2.72 bits per heavy atom. The summed E-state index contributed by atoms with van der Waals surface area (Å²) in [6.45, 7) is 3.70. The van der Waals surface area contributed by atoms with E-state index in [9.17, 15) is 4.79 Å². The fourth-order valence-electron chi connectivity index (χ4n) is 3.31. The maximum atomic E-state index is 11.2. The summed E-state index contributed by atoms with van der Waals surface area (Å²) in [7, 11) is 1.66. The van der Waals surface area contributed by atoms with Crippen LogP contribution < -0.4 is 4.74 Å². The van der Waals surface area contributed by atoms with Gasteiger partial charge < -0.3 is 14.5 Å². The van der Waals surface area contributed by atoms with Crippen molar-refractivity contribution in [2.24, 2.45) is 0 Å². The second-order valence-electron chi connectivity index (χ2n) is 6.09. The number of fused-ring (bicyclic) bond motifs is 4. The molecule has 2 heterocycles. The van der Waals surface area contributed by atoms with Gasteiger partial charge in [0.25, 0.3) is 0 Å². The van der Waals surface area contributed by atoms with Gasteiger partial charge >= 0.3 is 5.97 Å². The van der Waals surface area contributed by atoms with Crippen molar-refractivity contribution < 1.29 is 14.3 Å². The fraction of sp³-hybridized carbons (Fsp3) is 0.200. The van der Waals surface area contributed by atoms with Gasteiger partial charge in [-0.1, -0.05) is 0 Å². The lowest BCUT2D eigenvalue weighted by molar-refractivity contribution is -0.142. The maximum Gasteiger partial charge on any atom is 0.303 e. The molecule has 2 aromatic carbocycles. The first kappa shape index (κ1) is 15.4. The molecule has 0 amide bonds. The van der Waals surface area contributed by atoms with E-state index in [1.54, 1.807) is 7.11 Å². The number of carbonyl (C=O) groups is 1. The first-order valence-electron chi connectivity index (χ1n) is 8.09. The van der Waals surface area contributed by atoms with E-state index in [2.05, 4.69) is 18.0 Å². The van der Waals surface area contributed by atoms with Crippen molar-refractivity contribution in [1.29, 1.82) is 0 Å². The highest BCUT2D eigenvalue weighted by Gasteiger charge is 2.14. The van der Waals surface area contributed by atoms with Crippen LogP contribution in [0.4, 0.5) is 0 Å². The van der Waals surface area contributed by atoms with Crippen LogP contribution in [0.3, 0.4) is 0 Å². The molecule has 0 bridgehead atoms. The quantitative estimate of drug-likeness (QED) is 0.569. The highest BCUT2D eigenvalue weighted by atomic mass is 16.5. The van der Waals surface area contributed by atoms with E-state index in [0.717, 1.165) is 49.6 Å². The minimum absolute atomic E-state index is 0.215. The number of hydrogen-bond donors (Lipinski definition) is 1. The van der Waals surface area contributed by atoms with Crippen molar-refractivity contribution in [1.82, 2.24) is 9.97 Å². The van der Waals surface area contributed by atoms with Gasteiger partial charge in [0.05, 0.1) is 23.8 Å². The van der Waals surface area contributed by atoms with Crippen molar-refractivity contribution in [2.45, 2.75) is 20.5 Å². The van der Waals surface area contributed by atoms with Crippen molar-refractivity contribution >= 4 is 38.5 Å². The summed E-state index contributed by atoms with van der Waals surface area (Å²) in [6.07, 6.45) is 1.87. The molecule has 0 saturated carbocycles. The SMILES string of the molecule is COc1ccc2nc3c(C)c4cc[nH]c(COC(C)=O)c4cc3c2c1. The van der Waals surface area contributed by atoms with Crippen LogP contribution in [0.2, 0.25) is 0 Å². The van der Waals surface area contributed by atoms with Gasteiger partial charge in [0.15, 0.2) is 0 Å². The predicted octanol–water partition coefficient (Wildman–Crippen LogP) is 4.25. The number of ether oxygens (including phenoxy) is 2. The molecule has 0 aliphatic heterocycles. The van der Waals surface area contributed by atoms with Crippen LogP contribution in [0.1, 0.15) is 18.2 Å². The zero-order valence-corrected chi connectivity index (χ0v) is 14.3. The molecule has 0 aliphatic carbocycles. The van der Waals surface area contributed by atoms with E-state index >= 15 is 0 Å². The topological polar surface area (TPSA) is 64.2 Å². The van der Waals surface area contributed by atoms with Gasteiger partial charge in [-0.25, -0.2) is 4.98 Å². The van der Waals surface area contributed by atoms with Crippen LogP contribution in [0.5, 0.6) is 5.75 Å². The molecule has 0 spiro atoms. The van der Waals surface area contributed by atoms with Crippen molar-refractivity contribution in [2.75, 3.05) is 7.11 Å². The molecular formula is C20H18N2O3. The van der Waals surface area contributed by atoms with Crippen LogP contribution in [0.15, 0.2) is 36.5 Å². The lowest BCUT2D eigenvalue weighted by Gasteiger charge is -2.10. The van der Waals surface area contributed by atoms with Crippen LogP contribution in [0, 0.1) is 6.92 Å². The predicted molar refractivity (Wildman–Crippen MR) is 97.9 cm³/mol. The van der Waals surface area contributed by atoms with Crippen molar-refractivity contribution in [3.8, 4) is 5.75 Å². The number of hydrogen-bond acceptors (Lipinski definition) is 4. The number of pyridine rings is 1. The first-order valence-corrected chi connectivity index (χ1v) is 8.09. The summed E-state index contributed by atoms with van der Waals surface area (Å²) in [5.74, 6) is 0.507. The zero-order chi connectivity index (χ0) is 17.6. The first-order chi connectivity index (χ1) is 12.1. The van der Waals surface area contributed by atoms with Gasteiger partial charge in [-0.3, -0.25) is 4.79 Å². The molecule has 5 heteroatoms. The molecule has 5 nitrogen and oxygen atoms in total. The van der Waals surface area contributed by atoms with Gasteiger partial charge in [-0.05, 0) is 48.2 Å². The molecule has 2 aromatic heterocycles. The van der Waals surface area contributed by atoms with Gasteiger partial charge in [0.2, 0.25) is 0 Å². The molecule has 0 radical (unpaired) electrons. The largest absolute Gasteiger partial charge is 0.497 e. The molecule has 0 aliphatic rings. The zero-order valence-electron chi connectivity index (χ0n) is 14.3. The molecule has 0 unspecified atom stereocenters. The third-order valence-corrected chi connectivity index (χ3v) is 4.57. The average molecular weight is 334 g/mol. The Morgan fingerprint density at radius 1 is 1.12 bits per heavy atom. The summed E-state index contributed by atoms with van der Waals surface area (Å²) in [5, 5.41) is 4.26. The number of aromatic nitrogens is 2. The maximum absolute atomic E-state index is 11.2. The standard InChI is InChI=1S/C20H18N2O3/c1-11-14-6-7-21-19(10-25-12(2)23)16(14)9-17-15-8-13(24-3)4-5-18(15)22-20(11)17/h4-9,21H,10H2,1-3H3. The van der Waals surface area contributed by atoms with Crippen molar-refractivity contribution in [3.63, 3.8) is 0 Å². The van der Waals surface area contributed by atoms with E-state index in [1.165, 1.54) is 6.92 Å². The number of methoxy groups -OCH3 is 1. The molecule has 4 rings (SSSR count). The van der Waals surface area contributed by atoms with Crippen LogP contribution in [-0.2, 0) is 16.1 Å². The number of aromatic amines is 1. The van der Waals surface area contributed by atoms with Gasteiger partial charge in [0, 0.05) is 29.3 Å². The van der Waals surface area contributed by atoms with E-state index < -0.39 is 0 Å². The number of benzene rings is 2. The van der Waals surface area contributed by atoms with E-state index in [1.807, 2.05) is 30.5 Å². The number of nitrogens with one attached hydrogen (secondary N) is 1. The van der Waals surface area contributed by atoms with Crippen LogP contribution >= 0.6 is 0 Å². The third-order valence-electron chi connectivity index (χ3n) is 4.57. The minimum atomic E-state index is -0.298. The molecule has 0 fully saturated rings. The normalized spacial score (nSPS) is 11.3. The molecule has 25 heavy (non-hydrogen) atoms. The van der Waals surface area contributed by atoms with Crippen LogP contribution in [0.25, 0.3) is 32.6 Å². The lowest BCUT2D eigenvalue weighted by atomic mass is 10.0. The summed E-state index contributed by atoms with van der Waals surface area (Å²) in [6, 6.07) is 10.0. The molecule has 4 aromatic rings. The number of H-pyrrole nitrogens is 1. The lowest BCUT2D eigenvalue weighted by Crippen LogP contribution is -2.01. The Bertz CT molecular complexity index is 1130. The summed E-state index contributed by atoms with van der Waals surface area (Å²) >= 11 is 0. The average Bonchev–Trinajstić information content (AvgIpc) is 2.98. The van der Waals surface area contributed by atoms with E-state index in [-0.39, 0.29) is 12.6 Å². The highest BCUT2D eigenvalue weighted by molar-refractivity contribution is 6.14. The molecular weight excluding hydrogens is 316 g/mol. The Hall–Kier alpha value is -3.08. The van der Waals surface area contributed by atoms with Crippen molar-refractivity contribution in [3.05, 3.63) is 47.8 Å². The number of rotatable bonds is 3. The van der Waals surface area contributed by atoms with Gasteiger partial charge in [-0.2, -0.15) is 0 Å².